The molecule has 2 aromatic heterocycles. The Labute approximate surface area is 155 Å². The predicted molar refractivity (Wildman–Crippen MR) is 98.4 cm³/mol. The third-order valence-corrected chi connectivity index (χ3v) is 5.20. The van der Waals surface area contributed by atoms with Gasteiger partial charge in [-0.05, 0) is 38.1 Å². The van der Waals surface area contributed by atoms with E-state index in [1.54, 1.807) is 13.0 Å². The van der Waals surface area contributed by atoms with Gasteiger partial charge in [0.2, 0.25) is 0 Å². The summed E-state index contributed by atoms with van der Waals surface area (Å²) in [6, 6.07) is 8.77. The van der Waals surface area contributed by atoms with Gasteiger partial charge in [-0.1, -0.05) is 12.1 Å². The second-order valence-corrected chi connectivity index (χ2v) is 7.40. The van der Waals surface area contributed by atoms with E-state index in [1.807, 2.05) is 0 Å². The van der Waals surface area contributed by atoms with Gasteiger partial charge in [0.1, 0.15) is 5.56 Å². The molecule has 140 valence electrons. The smallest absolute Gasteiger partial charge is 0.341 e. The van der Waals surface area contributed by atoms with Gasteiger partial charge in [-0.25, -0.2) is 17.7 Å². The quantitative estimate of drug-likeness (QED) is 0.514. The van der Waals surface area contributed by atoms with Crippen LogP contribution in [0.2, 0.25) is 0 Å². The van der Waals surface area contributed by atoms with Gasteiger partial charge in [-0.15, -0.1) is 0 Å². The number of hydrogen-bond acceptors (Lipinski definition) is 6. The number of Topliss-reactive ketones (excluding diaryl/α,β-unsaturated/α-hetero) is 1. The first-order valence-electron chi connectivity index (χ1n) is 8.10. The van der Waals surface area contributed by atoms with Gasteiger partial charge in [0.15, 0.2) is 5.78 Å². The maximum absolute atomic E-state index is 12.6. The highest BCUT2D eigenvalue weighted by Gasteiger charge is 2.18. The van der Waals surface area contributed by atoms with Crippen LogP contribution in [0.25, 0.3) is 5.52 Å². The first kappa shape index (κ1) is 18.6. The van der Waals surface area contributed by atoms with Crippen LogP contribution in [0.4, 0.5) is 5.69 Å². The van der Waals surface area contributed by atoms with Gasteiger partial charge in [-0.2, -0.15) is 5.10 Å². The van der Waals surface area contributed by atoms with E-state index in [1.165, 1.54) is 54.2 Å². The highest BCUT2D eigenvalue weighted by Crippen LogP contribution is 2.21. The SMILES string of the molecule is CCOC(=O)c1cnn2ccc(NS(=O)(=O)c3cccc(C(C)=O)c3)cc12. The topological polar surface area (TPSA) is 107 Å². The molecule has 0 aliphatic carbocycles. The number of nitrogens with zero attached hydrogens (tertiary/aromatic N) is 2. The van der Waals surface area contributed by atoms with Crippen LogP contribution in [0.15, 0.2) is 53.7 Å². The molecule has 0 atom stereocenters. The second-order valence-electron chi connectivity index (χ2n) is 5.71. The number of carbonyl (C=O) groups excluding carboxylic acids is 2. The number of carbonyl (C=O) groups is 2. The van der Waals surface area contributed by atoms with E-state index in [0.717, 1.165) is 0 Å². The van der Waals surface area contributed by atoms with Crippen molar-refractivity contribution in [3.8, 4) is 0 Å². The van der Waals surface area contributed by atoms with Crippen molar-refractivity contribution in [2.75, 3.05) is 11.3 Å². The summed E-state index contributed by atoms with van der Waals surface area (Å²) < 4.78 is 34.1. The van der Waals surface area contributed by atoms with Gasteiger partial charge >= 0.3 is 5.97 Å². The Hall–Kier alpha value is -3.20. The van der Waals surface area contributed by atoms with Crippen molar-refractivity contribution in [1.29, 1.82) is 0 Å². The van der Waals surface area contributed by atoms with E-state index in [4.69, 9.17) is 4.74 Å². The van der Waals surface area contributed by atoms with E-state index in [9.17, 15) is 18.0 Å². The lowest BCUT2D eigenvalue weighted by Gasteiger charge is -2.09. The van der Waals surface area contributed by atoms with E-state index in [2.05, 4.69) is 9.82 Å². The van der Waals surface area contributed by atoms with Crippen molar-refractivity contribution < 1.29 is 22.7 Å². The van der Waals surface area contributed by atoms with Gasteiger partial charge in [0.25, 0.3) is 10.0 Å². The Balaban J connectivity index is 1.96. The first-order valence-corrected chi connectivity index (χ1v) is 9.58. The maximum atomic E-state index is 12.6. The standard InChI is InChI=1S/C18H17N3O5S/c1-3-26-18(23)16-11-19-21-8-7-14(10-17(16)21)20-27(24,25)15-6-4-5-13(9-15)12(2)22/h4-11,20H,3H2,1-2H3. The Kier molecular flexibility index (Phi) is 4.95. The van der Waals surface area contributed by atoms with E-state index in [0.29, 0.717) is 11.1 Å². The summed E-state index contributed by atoms with van der Waals surface area (Å²) in [5, 5.41) is 4.05. The molecule has 0 bridgehead atoms. The summed E-state index contributed by atoms with van der Waals surface area (Å²) in [6.07, 6.45) is 2.89. The lowest BCUT2D eigenvalue weighted by Crippen LogP contribution is -2.14. The van der Waals surface area contributed by atoms with Gasteiger partial charge in [0, 0.05) is 11.8 Å². The largest absolute Gasteiger partial charge is 0.462 e. The fourth-order valence-electron chi connectivity index (χ4n) is 2.51. The van der Waals surface area contributed by atoms with Crippen LogP contribution < -0.4 is 4.72 Å². The number of esters is 1. The number of benzene rings is 1. The molecule has 0 spiro atoms. The molecule has 0 aliphatic rings. The van der Waals surface area contributed by atoms with Crippen molar-refractivity contribution in [3.63, 3.8) is 0 Å². The Morgan fingerprint density at radius 3 is 2.70 bits per heavy atom. The number of aromatic nitrogens is 2. The lowest BCUT2D eigenvalue weighted by molar-refractivity contribution is 0.0528. The number of fused-ring (bicyclic) bond motifs is 1. The van der Waals surface area contributed by atoms with Crippen LogP contribution in [0.3, 0.4) is 0 Å². The average Bonchev–Trinajstić information content (AvgIpc) is 3.05. The number of hydrogen-bond donors (Lipinski definition) is 1. The molecule has 1 N–H and O–H groups in total. The predicted octanol–water partition coefficient (Wildman–Crippen LogP) is 2.51. The molecule has 0 unspecified atom stereocenters. The molecule has 0 amide bonds. The molecule has 0 aliphatic heterocycles. The van der Waals surface area contributed by atoms with E-state index < -0.39 is 16.0 Å². The van der Waals surface area contributed by atoms with Gasteiger partial charge < -0.3 is 4.74 Å². The van der Waals surface area contributed by atoms with E-state index in [-0.39, 0.29) is 28.5 Å². The van der Waals surface area contributed by atoms with Crippen molar-refractivity contribution in [3.05, 3.63) is 59.9 Å². The number of rotatable bonds is 6. The van der Waals surface area contributed by atoms with Crippen LogP contribution >= 0.6 is 0 Å². The van der Waals surface area contributed by atoms with Crippen LogP contribution in [-0.2, 0) is 14.8 Å². The monoisotopic (exact) mass is 387 g/mol. The molecule has 0 radical (unpaired) electrons. The summed E-state index contributed by atoms with van der Waals surface area (Å²) in [5.74, 6) is -0.770. The molecule has 0 saturated carbocycles. The summed E-state index contributed by atoms with van der Waals surface area (Å²) in [6.45, 7) is 3.27. The van der Waals surface area contributed by atoms with Crippen molar-refractivity contribution in [2.24, 2.45) is 0 Å². The van der Waals surface area contributed by atoms with Crippen LogP contribution in [0.5, 0.6) is 0 Å². The number of sulfonamides is 1. The highest BCUT2D eigenvalue weighted by molar-refractivity contribution is 7.92. The summed E-state index contributed by atoms with van der Waals surface area (Å²) in [7, 11) is -3.91. The number of anilines is 1. The molecule has 27 heavy (non-hydrogen) atoms. The molecule has 1 aromatic carbocycles. The van der Waals surface area contributed by atoms with E-state index >= 15 is 0 Å². The molecule has 3 rings (SSSR count). The number of pyridine rings is 1. The molecule has 8 nitrogen and oxygen atoms in total. The average molecular weight is 387 g/mol. The minimum absolute atomic E-state index is 0.0332. The van der Waals surface area contributed by atoms with Gasteiger partial charge in [-0.3, -0.25) is 9.52 Å². The van der Waals surface area contributed by atoms with Crippen LogP contribution in [0, 0.1) is 0 Å². The lowest BCUT2D eigenvalue weighted by atomic mass is 10.2. The Morgan fingerprint density at radius 1 is 1.22 bits per heavy atom. The molecular formula is C18H17N3O5S. The molecule has 0 saturated heterocycles. The number of ether oxygens (including phenoxy) is 1. The molecule has 9 heteroatoms. The maximum Gasteiger partial charge on any atom is 0.341 e. The molecule has 0 fully saturated rings. The summed E-state index contributed by atoms with van der Waals surface area (Å²) >= 11 is 0. The number of nitrogens with one attached hydrogen (secondary N) is 1. The molecule has 3 aromatic rings. The fourth-order valence-corrected chi connectivity index (χ4v) is 3.60. The zero-order valence-electron chi connectivity index (χ0n) is 14.7. The number of ketones is 1. The summed E-state index contributed by atoms with van der Waals surface area (Å²) in [4.78, 5) is 23.4. The zero-order valence-corrected chi connectivity index (χ0v) is 15.5. The minimum Gasteiger partial charge on any atom is -0.462 e. The van der Waals surface area contributed by atoms with Crippen LogP contribution in [-0.4, -0.2) is 36.4 Å². The second kappa shape index (κ2) is 7.20. The third kappa shape index (κ3) is 3.82. The highest BCUT2D eigenvalue weighted by atomic mass is 32.2. The van der Waals surface area contributed by atoms with Crippen LogP contribution in [0.1, 0.15) is 34.6 Å². The van der Waals surface area contributed by atoms with Gasteiger partial charge in [0.05, 0.1) is 28.9 Å². The van der Waals surface area contributed by atoms with Crippen molar-refractivity contribution in [1.82, 2.24) is 9.61 Å². The normalized spacial score (nSPS) is 11.3. The Bertz CT molecular complexity index is 1130. The third-order valence-electron chi connectivity index (χ3n) is 3.82. The zero-order chi connectivity index (χ0) is 19.6. The molecule has 2 heterocycles. The molecular weight excluding hydrogens is 370 g/mol. The minimum atomic E-state index is -3.91. The summed E-state index contributed by atoms with van der Waals surface area (Å²) in [5.41, 5.74) is 1.19. The fraction of sp³-hybridized carbons (Fsp3) is 0.167. The van der Waals surface area contributed by atoms with Crippen molar-refractivity contribution >= 4 is 33.0 Å². The first-order chi connectivity index (χ1) is 12.8. The van der Waals surface area contributed by atoms with Crippen molar-refractivity contribution in [2.45, 2.75) is 18.7 Å². The Morgan fingerprint density at radius 2 is 2.00 bits per heavy atom.